The first kappa shape index (κ1) is 15.4. The molecule has 1 saturated heterocycles. The Balaban J connectivity index is 0.000000774. The monoisotopic (exact) mass is 291 g/mol. The van der Waals surface area contributed by atoms with Crippen molar-refractivity contribution in [3.8, 4) is 0 Å². The molecule has 0 unspecified atom stereocenters. The standard InChI is InChI=1S/C14H16FN3O.C2H6/c1-9-5-13-10(7-12(9)15)6-11(17-13)8-16-14(19)18-3-2-4-18;1-2/h5-7,17H,2-4,8H2,1H3,(H,16,19);1-2H3. The molecule has 0 bridgehead atoms. The Bertz CT molecular complexity index is 593. The van der Waals surface area contributed by atoms with E-state index in [2.05, 4.69) is 10.3 Å². The Labute approximate surface area is 124 Å². The fourth-order valence-electron chi connectivity index (χ4n) is 2.22. The number of carbonyl (C=O) groups excluding carboxylic acids is 1. The first-order chi connectivity index (χ1) is 10.1. The van der Waals surface area contributed by atoms with Crippen molar-refractivity contribution < 1.29 is 9.18 Å². The highest BCUT2D eigenvalue weighted by Gasteiger charge is 2.19. The zero-order valence-corrected chi connectivity index (χ0v) is 12.8. The molecule has 3 rings (SSSR count). The molecule has 5 heteroatoms. The van der Waals surface area contributed by atoms with Crippen molar-refractivity contribution in [3.05, 3.63) is 35.3 Å². The summed E-state index contributed by atoms with van der Waals surface area (Å²) in [5.41, 5.74) is 2.39. The van der Waals surface area contributed by atoms with E-state index in [9.17, 15) is 9.18 Å². The third-order valence-corrected chi connectivity index (χ3v) is 3.53. The molecule has 0 aliphatic carbocycles. The summed E-state index contributed by atoms with van der Waals surface area (Å²) in [5.74, 6) is -0.206. The van der Waals surface area contributed by atoms with Crippen LogP contribution in [0.5, 0.6) is 0 Å². The number of aryl methyl sites for hydroxylation is 1. The van der Waals surface area contributed by atoms with Crippen LogP contribution in [-0.4, -0.2) is 29.0 Å². The lowest BCUT2D eigenvalue weighted by atomic mass is 10.2. The molecule has 114 valence electrons. The summed E-state index contributed by atoms with van der Waals surface area (Å²) in [6, 6.07) is 5.13. The minimum Gasteiger partial charge on any atom is -0.357 e. The molecule has 1 aliphatic heterocycles. The number of halogens is 1. The summed E-state index contributed by atoms with van der Waals surface area (Å²) in [4.78, 5) is 16.6. The number of likely N-dealkylation sites (tertiary alicyclic amines) is 1. The third kappa shape index (κ3) is 3.35. The maximum Gasteiger partial charge on any atom is 0.317 e. The Morgan fingerprint density at radius 3 is 2.67 bits per heavy atom. The maximum absolute atomic E-state index is 13.4. The Hall–Kier alpha value is -2.04. The summed E-state index contributed by atoms with van der Waals surface area (Å²) in [6.07, 6.45) is 1.08. The van der Waals surface area contributed by atoms with Gasteiger partial charge in [-0.05, 0) is 37.1 Å². The number of nitrogens with one attached hydrogen (secondary N) is 2. The van der Waals surface area contributed by atoms with Gasteiger partial charge in [0.1, 0.15) is 5.82 Å². The van der Waals surface area contributed by atoms with Gasteiger partial charge < -0.3 is 15.2 Å². The molecule has 0 radical (unpaired) electrons. The predicted octanol–water partition coefficient (Wildman–Crippen LogP) is 3.56. The Morgan fingerprint density at radius 2 is 2.05 bits per heavy atom. The zero-order chi connectivity index (χ0) is 15.4. The van der Waals surface area contributed by atoms with Crippen LogP contribution in [0.3, 0.4) is 0 Å². The number of urea groups is 1. The number of hydrogen-bond acceptors (Lipinski definition) is 1. The van der Waals surface area contributed by atoms with E-state index in [0.29, 0.717) is 12.1 Å². The van der Waals surface area contributed by atoms with Gasteiger partial charge in [-0.1, -0.05) is 13.8 Å². The number of aromatic amines is 1. The summed E-state index contributed by atoms with van der Waals surface area (Å²) < 4.78 is 13.4. The van der Waals surface area contributed by atoms with Crippen LogP contribution in [0, 0.1) is 12.7 Å². The summed E-state index contributed by atoms with van der Waals surface area (Å²) in [5, 5.41) is 3.68. The third-order valence-electron chi connectivity index (χ3n) is 3.53. The van der Waals surface area contributed by atoms with Crippen LogP contribution in [0.1, 0.15) is 31.5 Å². The Kier molecular flexibility index (Phi) is 4.83. The van der Waals surface area contributed by atoms with Crippen LogP contribution in [-0.2, 0) is 6.54 Å². The van der Waals surface area contributed by atoms with E-state index >= 15 is 0 Å². The van der Waals surface area contributed by atoms with Crippen LogP contribution in [0.4, 0.5) is 9.18 Å². The first-order valence-corrected chi connectivity index (χ1v) is 7.44. The first-order valence-electron chi connectivity index (χ1n) is 7.44. The minimum absolute atomic E-state index is 0.0349. The fraction of sp³-hybridized carbons (Fsp3) is 0.438. The number of fused-ring (bicyclic) bond motifs is 1. The van der Waals surface area contributed by atoms with Gasteiger partial charge in [0, 0.05) is 29.7 Å². The van der Waals surface area contributed by atoms with Crippen LogP contribution in [0.15, 0.2) is 18.2 Å². The molecular weight excluding hydrogens is 269 g/mol. The molecule has 2 amide bonds. The second kappa shape index (κ2) is 6.61. The van der Waals surface area contributed by atoms with Crippen molar-refractivity contribution in [1.29, 1.82) is 0 Å². The van der Waals surface area contributed by atoms with Gasteiger partial charge >= 0.3 is 6.03 Å². The molecule has 1 aromatic carbocycles. The van der Waals surface area contributed by atoms with E-state index in [-0.39, 0.29) is 11.8 Å². The van der Waals surface area contributed by atoms with Crippen molar-refractivity contribution in [1.82, 2.24) is 15.2 Å². The molecule has 21 heavy (non-hydrogen) atoms. The number of amides is 2. The highest BCUT2D eigenvalue weighted by molar-refractivity contribution is 5.81. The van der Waals surface area contributed by atoms with Crippen molar-refractivity contribution in [2.45, 2.75) is 33.7 Å². The number of nitrogens with zero attached hydrogens (tertiary/aromatic N) is 1. The van der Waals surface area contributed by atoms with Gasteiger partial charge in [0.15, 0.2) is 0 Å². The number of benzene rings is 1. The number of carbonyl (C=O) groups is 1. The summed E-state index contributed by atoms with van der Waals surface area (Å²) >= 11 is 0. The second-order valence-corrected chi connectivity index (χ2v) is 4.98. The van der Waals surface area contributed by atoms with Gasteiger partial charge in [0.2, 0.25) is 0 Å². The molecule has 2 heterocycles. The quantitative estimate of drug-likeness (QED) is 0.873. The van der Waals surface area contributed by atoms with Gasteiger partial charge in [-0.2, -0.15) is 0 Å². The molecule has 1 aromatic heterocycles. The van der Waals surface area contributed by atoms with Crippen molar-refractivity contribution >= 4 is 16.9 Å². The number of H-pyrrole nitrogens is 1. The topological polar surface area (TPSA) is 48.1 Å². The molecule has 1 aliphatic rings. The molecule has 4 nitrogen and oxygen atoms in total. The van der Waals surface area contributed by atoms with E-state index in [1.54, 1.807) is 17.9 Å². The summed E-state index contributed by atoms with van der Waals surface area (Å²) in [6.45, 7) is 7.84. The van der Waals surface area contributed by atoms with E-state index in [1.165, 1.54) is 6.07 Å². The van der Waals surface area contributed by atoms with E-state index in [0.717, 1.165) is 36.1 Å². The molecule has 0 atom stereocenters. The summed E-state index contributed by atoms with van der Waals surface area (Å²) in [7, 11) is 0. The smallest absolute Gasteiger partial charge is 0.317 e. The van der Waals surface area contributed by atoms with E-state index < -0.39 is 0 Å². The Morgan fingerprint density at radius 1 is 1.33 bits per heavy atom. The van der Waals surface area contributed by atoms with Crippen molar-refractivity contribution in [2.75, 3.05) is 13.1 Å². The lowest BCUT2D eigenvalue weighted by Crippen LogP contribution is -2.47. The van der Waals surface area contributed by atoms with E-state index in [1.807, 2.05) is 19.9 Å². The number of aromatic nitrogens is 1. The average Bonchev–Trinajstić information content (AvgIpc) is 2.79. The average molecular weight is 291 g/mol. The van der Waals surface area contributed by atoms with Gasteiger partial charge in [-0.25, -0.2) is 9.18 Å². The van der Waals surface area contributed by atoms with Crippen molar-refractivity contribution in [2.24, 2.45) is 0 Å². The van der Waals surface area contributed by atoms with Gasteiger partial charge in [0.25, 0.3) is 0 Å². The predicted molar refractivity (Wildman–Crippen MR) is 82.8 cm³/mol. The molecule has 0 saturated carbocycles. The maximum atomic E-state index is 13.4. The molecule has 0 spiro atoms. The zero-order valence-electron chi connectivity index (χ0n) is 12.8. The van der Waals surface area contributed by atoms with Crippen molar-refractivity contribution in [3.63, 3.8) is 0 Å². The van der Waals surface area contributed by atoms with E-state index in [4.69, 9.17) is 0 Å². The van der Waals surface area contributed by atoms with Crippen LogP contribution >= 0.6 is 0 Å². The lowest BCUT2D eigenvalue weighted by Gasteiger charge is -2.30. The molecule has 2 N–H and O–H groups in total. The second-order valence-electron chi connectivity index (χ2n) is 4.98. The lowest BCUT2D eigenvalue weighted by molar-refractivity contribution is 0.167. The number of rotatable bonds is 2. The van der Waals surface area contributed by atoms with Gasteiger partial charge in [0.05, 0.1) is 6.54 Å². The minimum atomic E-state index is -0.206. The fourth-order valence-corrected chi connectivity index (χ4v) is 2.22. The van der Waals surface area contributed by atoms with Crippen LogP contribution < -0.4 is 5.32 Å². The van der Waals surface area contributed by atoms with Gasteiger partial charge in [-0.3, -0.25) is 0 Å². The molecular formula is C16H22FN3O. The van der Waals surface area contributed by atoms with Gasteiger partial charge in [-0.15, -0.1) is 0 Å². The normalized spacial score (nSPS) is 13.4. The molecule has 2 aromatic rings. The number of hydrogen-bond donors (Lipinski definition) is 2. The largest absolute Gasteiger partial charge is 0.357 e. The SMILES string of the molecule is CC.Cc1cc2[nH]c(CNC(=O)N3CCC3)cc2cc1F. The van der Waals surface area contributed by atoms with Crippen LogP contribution in [0.25, 0.3) is 10.9 Å². The molecule has 1 fully saturated rings. The highest BCUT2D eigenvalue weighted by Crippen LogP contribution is 2.19. The van der Waals surface area contributed by atoms with Crippen LogP contribution in [0.2, 0.25) is 0 Å². The highest BCUT2D eigenvalue weighted by atomic mass is 19.1.